The Morgan fingerprint density at radius 2 is 2.25 bits per heavy atom. The van der Waals surface area contributed by atoms with Crippen molar-refractivity contribution < 1.29 is 4.79 Å². The molecule has 1 saturated heterocycles. The third-order valence-electron chi connectivity index (χ3n) is 2.16. The average molecular weight is 188 g/mol. The number of carbonyl (C=O) groups is 1. The van der Waals surface area contributed by atoms with Gasteiger partial charge in [-0.25, -0.2) is 0 Å². The lowest BCUT2D eigenvalue weighted by Crippen LogP contribution is -2.39. The molecule has 0 aromatic carbocycles. The molecule has 70 valence electrons. The van der Waals surface area contributed by atoms with Gasteiger partial charge >= 0.3 is 0 Å². The lowest BCUT2D eigenvalue weighted by molar-refractivity contribution is -0.130. The summed E-state index contributed by atoms with van der Waals surface area (Å²) in [6, 6.07) is 0.0532. The lowest BCUT2D eigenvalue weighted by atomic mass is 10.2. The first-order valence-electron chi connectivity index (χ1n) is 4.12. The highest BCUT2D eigenvalue weighted by atomic mass is 32.2. The Balaban J connectivity index is 2.41. The van der Waals surface area contributed by atoms with Crippen molar-refractivity contribution >= 4 is 17.7 Å². The molecule has 0 bridgehead atoms. The summed E-state index contributed by atoms with van der Waals surface area (Å²) in [7, 11) is 3.60. The largest absolute Gasteiger partial charge is 0.347 e. The van der Waals surface area contributed by atoms with E-state index in [9.17, 15) is 4.79 Å². The van der Waals surface area contributed by atoms with Crippen molar-refractivity contribution in [2.75, 3.05) is 26.9 Å². The maximum Gasteiger partial charge on any atom is 0.239 e. The number of rotatable bonds is 2. The zero-order valence-electron chi connectivity index (χ0n) is 7.83. The van der Waals surface area contributed by atoms with Gasteiger partial charge in [0, 0.05) is 25.9 Å². The molecule has 0 aromatic heterocycles. The Hall–Kier alpha value is -0.220. The molecule has 12 heavy (non-hydrogen) atoms. The van der Waals surface area contributed by atoms with Crippen molar-refractivity contribution in [1.29, 1.82) is 0 Å². The van der Waals surface area contributed by atoms with E-state index in [0.717, 1.165) is 13.0 Å². The van der Waals surface area contributed by atoms with Crippen LogP contribution in [-0.4, -0.2) is 49.0 Å². The minimum absolute atomic E-state index is 0.0532. The van der Waals surface area contributed by atoms with Crippen LogP contribution >= 0.6 is 11.8 Å². The van der Waals surface area contributed by atoms with E-state index in [1.165, 1.54) is 0 Å². The SMILES string of the molecule is CSC1CNC(C(=O)N(C)C)C1. The Labute approximate surface area is 77.9 Å². The minimum atomic E-state index is 0.0532. The summed E-state index contributed by atoms with van der Waals surface area (Å²) in [6.45, 7) is 0.964. The van der Waals surface area contributed by atoms with Crippen molar-refractivity contribution in [3.05, 3.63) is 0 Å². The molecule has 1 N–H and O–H groups in total. The van der Waals surface area contributed by atoms with E-state index in [2.05, 4.69) is 11.6 Å². The molecule has 0 radical (unpaired) electrons. The van der Waals surface area contributed by atoms with E-state index in [1.807, 2.05) is 11.8 Å². The summed E-state index contributed by atoms with van der Waals surface area (Å²) in [5, 5.41) is 3.84. The first-order valence-corrected chi connectivity index (χ1v) is 5.41. The van der Waals surface area contributed by atoms with Crippen molar-refractivity contribution in [2.45, 2.75) is 17.7 Å². The van der Waals surface area contributed by atoms with Gasteiger partial charge in [0.1, 0.15) is 0 Å². The van der Waals surface area contributed by atoms with Gasteiger partial charge in [0.25, 0.3) is 0 Å². The minimum Gasteiger partial charge on any atom is -0.347 e. The molecule has 0 aliphatic carbocycles. The predicted molar refractivity (Wildman–Crippen MR) is 52.4 cm³/mol. The third kappa shape index (κ3) is 2.14. The number of likely N-dealkylation sites (N-methyl/N-ethyl adjacent to an activating group) is 1. The Bertz CT molecular complexity index is 172. The maximum atomic E-state index is 11.5. The molecule has 2 atom stereocenters. The molecule has 2 unspecified atom stereocenters. The van der Waals surface area contributed by atoms with Crippen LogP contribution in [-0.2, 0) is 4.79 Å². The summed E-state index contributed by atoms with van der Waals surface area (Å²) in [5.74, 6) is 0.201. The second-order valence-corrected chi connectivity index (χ2v) is 4.42. The van der Waals surface area contributed by atoms with Gasteiger partial charge in [-0.1, -0.05) is 0 Å². The van der Waals surface area contributed by atoms with E-state index < -0.39 is 0 Å². The second-order valence-electron chi connectivity index (χ2n) is 3.29. The van der Waals surface area contributed by atoms with Crippen molar-refractivity contribution in [1.82, 2.24) is 10.2 Å². The first-order chi connectivity index (χ1) is 5.65. The van der Waals surface area contributed by atoms with E-state index >= 15 is 0 Å². The Morgan fingerprint density at radius 1 is 1.58 bits per heavy atom. The van der Waals surface area contributed by atoms with Gasteiger partial charge in [-0.2, -0.15) is 11.8 Å². The number of hydrogen-bond donors (Lipinski definition) is 1. The maximum absolute atomic E-state index is 11.5. The Morgan fingerprint density at radius 3 is 2.67 bits per heavy atom. The van der Waals surface area contributed by atoms with E-state index in [0.29, 0.717) is 5.25 Å². The quantitative estimate of drug-likeness (QED) is 0.670. The molecule has 0 saturated carbocycles. The number of nitrogens with one attached hydrogen (secondary N) is 1. The van der Waals surface area contributed by atoms with Gasteiger partial charge in [0.05, 0.1) is 6.04 Å². The van der Waals surface area contributed by atoms with Crippen LogP contribution in [0.25, 0.3) is 0 Å². The molecule has 4 heteroatoms. The molecule has 1 rings (SSSR count). The number of carbonyl (C=O) groups excluding carboxylic acids is 1. The molecular weight excluding hydrogens is 172 g/mol. The zero-order chi connectivity index (χ0) is 9.14. The van der Waals surface area contributed by atoms with Gasteiger partial charge in [-0.05, 0) is 12.7 Å². The number of hydrogen-bond acceptors (Lipinski definition) is 3. The van der Waals surface area contributed by atoms with Crippen LogP contribution in [0.3, 0.4) is 0 Å². The zero-order valence-corrected chi connectivity index (χ0v) is 8.65. The fraction of sp³-hybridized carbons (Fsp3) is 0.875. The smallest absolute Gasteiger partial charge is 0.239 e. The van der Waals surface area contributed by atoms with Crippen molar-refractivity contribution in [3.63, 3.8) is 0 Å². The summed E-state index contributed by atoms with van der Waals surface area (Å²) in [6.07, 6.45) is 3.06. The number of amides is 1. The number of thioether (sulfide) groups is 1. The van der Waals surface area contributed by atoms with Gasteiger partial charge in [-0.3, -0.25) is 4.79 Å². The van der Waals surface area contributed by atoms with Crippen LogP contribution in [0.1, 0.15) is 6.42 Å². The van der Waals surface area contributed by atoms with Crippen LogP contribution in [0, 0.1) is 0 Å². The van der Waals surface area contributed by atoms with E-state index in [4.69, 9.17) is 0 Å². The second kappa shape index (κ2) is 4.14. The first kappa shape index (κ1) is 9.86. The van der Waals surface area contributed by atoms with E-state index in [-0.39, 0.29) is 11.9 Å². The molecule has 0 aromatic rings. The van der Waals surface area contributed by atoms with Crippen LogP contribution in [0.2, 0.25) is 0 Å². The van der Waals surface area contributed by atoms with Crippen LogP contribution in [0.15, 0.2) is 0 Å². The lowest BCUT2D eigenvalue weighted by Gasteiger charge is -2.15. The predicted octanol–water partition coefficient (Wildman–Crippen LogP) is 0.168. The summed E-state index contributed by atoms with van der Waals surface area (Å²) < 4.78 is 0. The molecule has 0 spiro atoms. The fourth-order valence-corrected chi connectivity index (χ4v) is 2.03. The normalized spacial score (nSPS) is 28.9. The van der Waals surface area contributed by atoms with E-state index in [1.54, 1.807) is 19.0 Å². The summed E-state index contributed by atoms with van der Waals surface area (Å²) in [5.41, 5.74) is 0. The van der Waals surface area contributed by atoms with Gasteiger partial charge in [0.15, 0.2) is 0 Å². The summed E-state index contributed by atoms with van der Waals surface area (Å²) >= 11 is 1.83. The molecule has 1 amide bonds. The molecule has 1 aliphatic rings. The van der Waals surface area contributed by atoms with Crippen molar-refractivity contribution in [2.24, 2.45) is 0 Å². The summed E-state index contributed by atoms with van der Waals surface area (Å²) in [4.78, 5) is 13.1. The van der Waals surface area contributed by atoms with Crippen LogP contribution < -0.4 is 5.32 Å². The van der Waals surface area contributed by atoms with Gasteiger partial charge < -0.3 is 10.2 Å². The molecule has 1 aliphatic heterocycles. The van der Waals surface area contributed by atoms with Crippen LogP contribution in [0.5, 0.6) is 0 Å². The molecular formula is C8H16N2OS. The average Bonchev–Trinajstić information content (AvgIpc) is 2.50. The molecule has 1 heterocycles. The topological polar surface area (TPSA) is 32.3 Å². The fourth-order valence-electron chi connectivity index (χ4n) is 1.38. The number of nitrogens with zero attached hydrogens (tertiary/aromatic N) is 1. The molecule has 3 nitrogen and oxygen atoms in total. The van der Waals surface area contributed by atoms with Gasteiger partial charge in [-0.15, -0.1) is 0 Å². The van der Waals surface area contributed by atoms with Gasteiger partial charge in [0.2, 0.25) is 5.91 Å². The highest BCUT2D eigenvalue weighted by molar-refractivity contribution is 7.99. The molecule has 1 fully saturated rings. The highest BCUT2D eigenvalue weighted by Crippen LogP contribution is 2.18. The monoisotopic (exact) mass is 188 g/mol. The van der Waals surface area contributed by atoms with Crippen LogP contribution in [0.4, 0.5) is 0 Å². The van der Waals surface area contributed by atoms with Crippen molar-refractivity contribution in [3.8, 4) is 0 Å². The highest BCUT2D eigenvalue weighted by Gasteiger charge is 2.29. The Kier molecular flexibility index (Phi) is 3.40. The standard InChI is InChI=1S/C8H16N2OS/c1-10(2)8(11)7-4-6(12-3)5-9-7/h6-7,9H,4-5H2,1-3H3. The third-order valence-corrected chi connectivity index (χ3v) is 3.19.